The van der Waals surface area contributed by atoms with Gasteiger partial charge in [0.25, 0.3) is 0 Å². The summed E-state index contributed by atoms with van der Waals surface area (Å²) in [7, 11) is 0. The molecular weight excluding hydrogens is 214 g/mol. The molecule has 1 aromatic carbocycles. The largest absolute Gasteiger partial charge is 0.490 e. The van der Waals surface area contributed by atoms with E-state index < -0.39 is 0 Å². The van der Waals surface area contributed by atoms with Gasteiger partial charge in [-0.05, 0) is 49.9 Å². The Hall–Kier alpha value is -1.22. The van der Waals surface area contributed by atoms with Crippen LogP contribution in [0.4, 0.5) is 5.69 Å². The predicted molar refractivity (Wildman–Crippen MR) is 67.6 cm³/mol. The van der Waals surface area contributed by atoms with E-state index in [1.54, 1.807) is 0 Å². The summed E-state index contributed by atoms with van der Waals surface area (Å²) in [5, 5.41) is 3.42. The lowest BCUT2D eigenvalue weighted by atomic mass is 10.2. The van der Waals surface area contributed by atoms with E-state index in [9.17, 15) is 0 Å². The Kier molecular flexibility index (Phi) is 3.18. The van der Waals surface area contributed by atoms with Crippen LogP contribution in [-0.2, 0) is 4.74 Å². The average Bonchev–Trinajstić information content (AvgIpc) is 2.78. The fourth-order valence-electron chi connectivity index (χ4n) is 2.38. The van der Waals surface area contributed by atoms with Crippen LogP contribution >= 0.6 is 0 Å². The standard InChI is InChI=1S/C14H19NO2/c1-2-4-13(3-1)17-14-7-5-11(6-8-14)15-12-9-16-10-12/h5-8,12-13,15H,1-4,9-10H2. The highest BCUT2D eigenvalue weighted by molar-refractivity contribution is 5.47. The van der Waals surface area contributed by atoms with Crippen LogP contribution in [0, 0.1) is 0 Å². The van der Waals surface area contributed by atoms with Crippen molar-refractivity contribution in [3.63, 3.8) is 0 Å². The molecule has 3 heteroatoms. The number of benzene rings is 1. The van der Waals surface area contributed by atoms with Gasteiger partial charge in [0.2, 0.25) is 0 Å². The van der Waals surface area contributed by atoms with Gasteiger partial charge in [0, 0.05) is 5.69 Å². The first-order chi connectivity index (χ1) is 8.40. The third-order valence-electron chi connectivity index (χ3n) is 3.47. The molecule has 3 rings (SSSR count). The Morgan fingerprint density at radius 3 is 2.35 bits per heavy atom. The van der Waals surface area contributed by atoms with Crippen LogP contribution in [0.25, 0.3) is 0 Å². The Balaban J connectivity index is 1.55. The van der Waals surface area contributed by atoms with Crippen molar-refractivity contribution in [3.8, 4) is 5.75 Å². The van der Waals surface area contributed by atoms with Gasteiger partial charge >= 0.3 is 0 Å². The van der Waals surface area contributed by atoms with Crippen LogP contribution in [0.5, 0.6) is 5.75 Å². The van der Waals surface area contributed by atoms with Crippen LogP contribution in [0.3, 0.4) is 0 Å². The molecule has 1 saturated heterocycles. The predicted octanol–water partition coefficient (Wildman–Crippen LogP) is 2.82. The molecule has 1 aliphatic carbocycles. The van der Waals surface area contributed by atoms with Crippen LogP contribution in [0.15, 0.2) is 24.3 Å². The molecule has 0 atom stereocenters. The number of ether oxygens (including phenoxy) is 2. The molecule has 1 saturated carbocycles. The molecule has 0 unspecified atom stereocenters. The summed E-state index contributed by atoms with van der Waals surface area (Å²) < 4.78 is 11.1. The molecule has 3 nitrogen and oxygen atoms in total. The summed E-state index contributed by atoms with van der Waals surface area (Å²) in [5.74, 6) is 0.993. The van der Waals surface area contributed by atoms with Gasteiger partial charge in [-0.1, -0.05) is 0 Å². The lowest BCUT2D eigenvalue weighted by Gasteiger charge is -2.27. The Labute approximate surface area is 102 Å². The molecule has 0 spiro atoms. The van der Waals surface area contributed by atoms with Gasteiger partial charge in [-0.2, -0.15) is 0 Å². The second-order valence-electron chi connectivity index (χ2n) is 4.93. The van der Waals surface area contributed by atoms with Crippen LogP contribution in [0.1, 0.15) is 25.7 Å². The van der Waals surface area contributed by atoms with Gasteiger partial charge in [0.05, 0.1) is 25.4 Å². The normalized spacial score (nSPS) is 21.2. The van der Waals surface area contributed by atoms with E-state index in [0.717, 1.165) is 24.7 Å². The van der Waals surface area contributed by atoms with Gasteiger partial charge in [-0.25, -0.2) is 0 Å². The maximum atomic E-state index is 5.92. The number of rotatable bonds is 4. The molecule has 0 amide bonds. The maximum absolute atomic E-state index is 5.92. The zero-order valence-electron chi connectivity index (χ0n) is 10.0. The maximum Gasteiger partial charge on any atom is 0.119 e. The van der Waals surface area contributed by atoms with Crippen LogP contribution in [0.2, 0.25) is 0 Å². The molecule has 0 radical (unpaired) electrons. The average molecular weight is 233 g/mol. The number of anilines is 1. The first-order valence-electron chi connectivity index (χ1n) is 6.51. The Morgan fingerprint density at radius 2 is 1.76 bits per heavy atom. The molecule has 17 heavy (non-hydrogen) atoms. The van der Waals surface area contributed by atoms with Crippen molar-refractivity contribution in [2.45, 2.75) is 37.8 Å². The van der Waals surface area contributed by atoms with Crippen molar-refractivity contribution in [2.24, 2.45) is 0 Å². The fourth-order valence-corrected chi connectivity index (χ4v) is 2.38. The Morgan fingerprint density at radius 1 is 1.06 bits per heavy atom. The van der Waals surface area contributed by atoms with Gasteiger partial charge in [0.1, 0.15) is 5.75 Å². The van der Waals surface area contributed by atoms with E-state index in [1.807, 2.05) is 0 Å². The van der Waals surface area contributed by atoms with Crippen LogP contribution < -0.4 is 10.1 Å². The molecule has 2 aliphatic rings. The van der Waals surface area contributed by atoms with Crippen molar-refractivity contribution in [1.29, 1.82) is 0 Å². The third kappa shape index (κ3) is 2.72. The molecule has 1 N–H and O–H groups in total. The van der Waals surface area contributed by atoms with Crippen molar-refractivity contribution < 1.29 is 9.47 Å². The van der Waals surface area contributed by atoms with E-state index in [-0.39, 0.29) is 0 Å². The summed E-state index contributed by atoms with van der Waals surface area (Å²) >= 11 is 0. The van der Waals surface area contributed by atoms with Crippen molar-refractivity contribution in [2.75, 3.05) is 18.5 Å². The lowest BCUT2D eigenvalue weighted by molar-refractivity contribution is 0.0211. The van der Waals surface area contributed by atoms with E-state index >= 15 is 0 Å². The first kappa shape index (κ1) is 10.9. The second kappa shape index (κ2) is 4.96. The van der Waals surface area contributed by atoms with Crippen molar-refractivity contribution in [1.82, 2.24) is 0 Å². The minimum absolute atomic E-state index is 0.439. The van der Waals surface area contributed by atoms with Crippen molar-refractivity contribution >= 4 is 5.69 Å². The number of hydrogen-bond donors (Lipinski definition) is 1. The zero-order chi connectivity index (χ0) is 11.5. The molecule has 1 heterocycles. The van der Waals surface area contributed by atoms with Crippen LogP contribution in [-0.4, -0.2) is 25.4 Å². The van der Waals surface area contributed by atoms with E-state index in [2.05, 4.69) is 29.6 Å². The summed E-state index contributed by atoms with van der Waals surface area (Å²) in [5.41, 5.74) is 1.15. The van der Waals surface area contributed by atoms with Gasteiger partial charge < -0.3 is 14.8 Å². The minimum Gasteiger partial charge on any atom is -0.490 e. The SMILES string of the molecule is c1cc(OC2CCCC2)ccc1NC1COC1. The smallest absolute Gasteiger partial charge is 0.119 e. The molecule has 0 bridgehead atoms. The van der Waals surface area contributed by atoms with Gasteiger partial charge in [-0.15, -0.1) is 0 Å². The molecule has 1 aromatic rings. The number of hydrogen-bond acceptors (Lipinski definition) is 3. The molecule has 92 valence electrons. The molecule has 1 aliphatic heterocycles. The lowest BCUT2D eigenvalue weighted by Crippen LogP contribution is -2.40. The van der Waals surface area contributed by atoms with E-state index in [4.69, 9.17) is 9.47 Å². The summed E-state index contributed by atoms with van der Waals surface area (Å²) in [6.45, 7) is 1.64. The second-order valence-corrected chi connectivity index (χ2v) is 4.93. The van der Waals surface area contributed by atoms with E-state index in [1.165, 1.54) is 25.7 Å². The minimum atomic E-state index is 0.439. The molecular formula is C14H19NO2. The summed E-state index contributed by atoms with van der Waals surface area (Å²) in [4.78, 5) is 0. The highest BCUT2D eigenvalue weighted by Crippen LogP contribution is 2.25. The molecule has 0 aromatic heterocycles. The zero-order valence-corrected chi connectivity index (χ0v) is 10.0. The summed E-state index contributed by atoms with van der Waals surface area (Å²) in [6.07, 6.45) is 5.48. The highest BCUT2D eigenvalue weighted by atomic mass is 16.5. The quantitative estimate of drug-likeness (QED) is 0.867. The first-order valence-corrected chi connectivity index (χ1v) is 6.51. The van der Waals surface area contributed by atoms with Gasteiger partial charge in [0.15, 0.2) is 0 Å². The highest BCUT2D eigenvalue weighted by Gasteiger charge is 2.18. The monoisotopic (exact) mass is 233 g/mol. The van der Waals surface area contributed by atoms with E-state index in [0.29, 0.717) is 12.1 Å². The van der Waals surface area contributed by atoms with Crippen molar-refractivity contribution in [3.05, 3.63) is 24.3 Å². The van der Waals surface area contributed by atoms with Gasteiger partial charge in [-0.3, -0.25) is 0 Å². The molecule has 2 fully saturated rings. The topological polar surface area (TPSA) is 30.5 Å². The summed E-state index contributed by atoms with van der Waals surface area (Å²) in [6, 6.07) is 8.77. The fraction of sp³-hybridized carbons (Fsp3) is 0.571. The number of nitrogens with one attached hydrogen (secondary N) is 1. The Bertz CT molecular complexity index is 353. The third-order valence-corrected chi connectivity index (χ3v) is 3.47.